The Hall–Kier alpha value is -2.86. The molecule has 0 fully saturated rings. The van der Waals surface area contributed by atoms with Gasteiger partial charge in [0.15, 0.2) is 14.7 Å². The lowest BCUT2D eigenvalue weighted by molar-refractivity contribution is 0.282. The summed E-state index contributed by atoms with van der Waals surface area (Å²) < 4.78 is 10.7. The quantitative estimate of drug-likeness (QED) is 0.306. The number of methoxy groups -OCH3 is 2. The summed E-state index contributed by atoms with van der Waals surface area (Å²) >= 11 is 1.72. The van der Waals surface area contributed by atoms with E-state index in [1.807, 2.05) is 48.5 Å². The lowest BCUT2D eigenvalue weighted by atomic mass is 10.2. The van der Waals surface area contributed by atoms with Crippen molar-refractivity contribution in [2.45, 2.75) is 31.1 Å². The third-order valence-corrected chi connectivity index (χ3v) is 8.24. The Balaban J connectivity index is 1.63. The average molecular weight is 462 g/mol. The molecule has 0 amide bonds. The van der Waals surface area contributed by atoms with E-state index in [9.17, 15) is 5.11 Å². The maximum atomic E-state index is 9.23. The molecular weight excluding hydrogens is 436 g/mol. The van der Waals surface area contributed by atoms with Crippen LogP contribution in [0.1, 0.15) is 5.56 Å². The van der Waals surface area contributed by atoms with Gasteiger partial charge in [-0.2, -0.15) is 0 Å². The summed E-state index contributed by atoms with van der Waals surface area (Å²) in [5.74, 6) is 1.71. The summed E-state index contributed by atoms with van der Waals surface area (Å²) in [5, 5.41) is 9.23. The first-order valence-corrected chi connectivity index (χ1v) is 12.2. The second-order valence-electron chi connectivity index (χ2n) is 7.03. The summed E-state index contributed by atoms with van der Waals surface area (Å²) in [7, 11) is 3.13. The van der Waals surface area contributed by atoms with Gasteiger partial charge in [0, 0.05) is 9.79 Å². The predicted molar refractivity (Wildman–Crippen MR) is 131 cm³/mol. The second kappa shape index (κ2) is 10.6. The molecule has 3 nitrogen and oxygen atoms in total. The van der Waals surface area contributed by atoms with E-state index in [-0.39, 0.29) is 17.5 Å². The highest BCUT2D eigenvalue weighted by molar-refractivity contribution is 7.99. The largest absolute Gasteiger partial charge is 0.497 e. The molecule has 0 saturated carbocycles. The standard InChI is InChI=1S/C27H25O3S2/c1-29-21-5-13-25(14-6-21)32(26-15-7-22(30-2)8-16-26)27-17-11-24(12-18-27)31-23-9-3-20(19-28)4-10-23/h3-18,28H,19H2,1-2H3/q+1. The highest BCUT2D eigenvalue weighted by Gasteiger charge is 2.28. The third-order valence-electron chi connectivity index (χ3n) is 4.99. The summed E-state index contributed by atoms with van der Waals surface area (Å²) in [5.41, 5.74) is 0.924. The zero-order chi connectivity index (χ0) is 22.3. The molecule has 0 heterocycles. The molecule has 0 atom stereocenters. The highest BCUT2D eigenvalue weighted by atomic mass is 32.2. The van der Waals surface area contributed by atoms with Crippen LogP contribution in [0.5, 0.6) is 11.5 Å². The Morgan fingerprint density at radius 1 is 0.594 bits per heavy atom. The van der Waals surface area contributed by atoms with Crippen LogP contribution in [0.4, 0.5) is 0 Å². The maximum Gasteiger partial charge on any atom is 0.166 e. The Kier molecular flexibility index (Phi) is 7.43. The Labute approximate surface area is 196 Å². The van der Waals surface area contributed by atoms with Crippen molar-refractivity contribution in [1.29, 1.82) is 0 Å². The zero-order valence-corrected chi connectivity index (χ0v) is 19.7. The van der Waals surface area contributed by atoms with E-state index in [1.165, 1.54) is 19.6 Å². The minimum absolute atomic E-state index is 0.0681. The highest BCUT2D eigenvalue weighted by Crippen LogP contribution is 2.35. The molecule has 0 aliphatic heterocycles. The number of aliphatic hydroxyl groups excluding tert-OH is 1. The molecule has 0 aromatic heterocycles. The smallest absolute Gasteiger partial charge is 0.166 e. The van der Waals surface area contributed by atoms with E-state index < -0.39 is 0 Å². The van der Waals surface area contributed by atoms with Crippen LogP contribution in [0.2, 0.25) is 0 Å². The van der Waals surface area contributed by atoms with Crippen LogP contribution in [-0.4, -0.2) is 19.3 Å². The van der Waals surface area contributed by atoms with Crippen molar-refractivity contribution in [3.05, 3.63) is 103 Å². The van der Waals surface area contributed by atoms with E-state index in [4.69, 9.17) is 9.47 Å². The van der Waals surface area contributed by atoms with Crippen molar-refractivity contribution in [2.24, 2.45) is 0 Å². The number of aliphatic hydroxyl groups is 1. The number of hydrogen-bond acceptors (Lipinski definition) is 4. The SMILES string of the molecule is COc1ccc([S+](c2ccc(OC)cc2)c2ccc(Sc3ccc(CO)cc3)cc2)cc1. The van der Waals surface area contributed by atoms with Gasteiger partial charge in [-0.05, 0) is 90.5 Å². The van der Waals surface area contributed by atoms with Gasteiger partial charge in [-0.3, -0.25) is 0 Å². The monoisotopic (exact) mass is 461 g/mol. The van der Waals surface area contributed by atoms with E-state index in [0.717, 1.165) is 22.0 Å². The first-order valence-electron chi connectivity index (χ1n) is 10.2. The molecule has 0 aliphatic rings. The molecule has 0 aliphatic carbocycles. The number of hydrogen-bond donors (Lipinski definition) is 1. The fourth-order valence-corrected chi connectivity index (χ4v) is 6.13. The molecule has 4 aromatic rings. The summed E-state index contributed by atoms with van der Waals surface area (Å²) in [6.45, 7) is 0.0681. The van der Waals surface area contributed by atoms with E-state index in [1.54, 1.807) is 26.0 Å². The molecule has 0 spiro atoms. The minimum atomic E-state index is -0.242. The van der Waals surface area contributed by atoms with Crippen LogP contribution in [-0.2, 0) is 17.5 Å². The number of ether oxygens (including phenoxy) is 2. The number of benzene rings is 4. The normalized spacial score (nSPS) is 10.9. The van der Waals surface area contributed by atoms with E-state index in [2.05, 4.69) is 48.5 Å². The molecule has 0 radical (unpaired) electrons. The fraction of sp³-hybridized carbons (Fsp3) is 0.111. The topological polar surface area (TPSA) is 38.7 Å². The van der Waals surface area contributed by atoms with E-state index in [0.29, 0.717) is 0 Å². The maximum absolute atomic E-state index is 9.23. The van der Waals surface area contributed by atoms with Crippen molar-refractivity contribution in [2.75, 3.05) is 14.2 Å². The van der Waals surface area contributed by atoms with Gasteiger partial charge >= 0.3 is 0 Å². The Bertz CT molecular complexity index is 1080. The van der Waals surface area contributed by atoms with Crippen LogP contribution >= 0.6 is 11.8 Å². The van der Waals surface area contributed by atoms with Crippen LogP contribution in [0.3, 0.4) is 0 Å². The fourth-order valence-electron chi connectivity index (χ4n) is 3.27. The molecule has 4 rings (SSSR count). The summed E-state index contributed by atoms with van der Waals surface area (Å²) in [6.07, 6.45) is 0. The van der Waals surface area contributed by atoms with E-state index >= 15 is 0 Å². The first-order chi connectivity index (χ1) is 15.7. The molecule has 0 unspecified atom stereocenters. The molecular formula is C27H25O3S2+. The summed E-state index contributed by atoms with van der Waals surface area (Å²) in [4.78, 5) is 6.05. The molecule has 4 aromatic carbocycles. The Morgan fingerprint density at radius 3 is 1.34 bits per heavy atom. The zero-order valence-electron chi connectivity index (χ0n) is 18.0. The van der Waals surface area contributed by atoms with Gasteiger partial charge in [0.25, 0.3) is 0 Å². The van der Waals surface area contributed by atoms with Crippen molar-refractivity contribution in [3.8, 4) is 11.5 Å². The van der Waals surface area contributed by atoms with Gasteiger partial charge in [-0.1, -0.05) is 23.9 Å². The predicted octanol–water partition coefficient (Wildman–Crippen LogP) is 6.44. The van der Waals surface area contributed by atoms with Crippen LogP contribution in [0.25, 0.3) is 0 Å². The molecule has 0 bridgehead atoms. The molecule has 1 N–H and O–H groups in total. The Morgan fingerprint density at radius 2 is 0.969 bits per heavy atom. The van der Waals surface area contributed by atoms with Gasteiger partial charge in [-0.25, -0.2) is 0 Å². The first kappa shape index (κ1) is 22.3. The van der Waals surface area contributed by atoms with Crippen molar-refractivity contribution in [1.82, 2.24) is 0 Å². The van der Waals surface area contributed by atoms with Crippen LogP contribution < -0.4 is 9.47 Å². The van der Waals surface area contributed by atoms with Gasteiger partial charge in [0.2, 0.25) is 0 Å². The lowest BCUT2D eigenvalue weighted by Gasteiger charge is -2.10. The van der Waals surface area contributed by atoms with Crippen LogP contribution in [0.15, 0.2) is 122 Å². The lowest BCUT2D eigenvalue weighted by Crippen LogP contribution is -2.05. The molecule has 32 heavy (non-hydrogen) atoms. The molecule has 162 valence electrons. The van der Waals surface area contributed by atoms with Crippen molar-refractivity contribution < 1.29 is 14.6 Å². The third kappa shape index (κ3) is 5.30. The van der Waals surface area contributed by atoms with Gasteiger partial charge < -0.3 is 14.6 Å². The number of rotatable bonds is 8. The van der Waals surface area contributed by atoms with Gasteiger partial charge in [0.05, 0.1) is 31.7 Å². The minimum Gasteiger partial charge on any atom is -0.497 e. The molecule has 0 saturated heterocycles. The second-order valence-corrected chi connectivity index (χ2v) is 10.2. The average Bonchev–Trinajstić information content (AvgIpc) is 2.86. The van der Waals surface area contributed by atoms with Gasteiger partial charge in [0.1, 0.15) is 11.5 Å². The van der Waals surface area contributed by atoms with Crippen molar-refractivity contribution in [3.63, 3.8) is 0 Å². The summed E-state index contributed by atoms with van der Waals surface area (Å²) in [6, 6.07) is 33.4. The molecule has 5 heteroatoms. The van der Waals surface area contributed by atoms with Gasteiger partial charge in [-0.15, -0.1) is 0 Å². The van der Waals surface area contributed by atoms with Crippen LogP contribution in [0, 0.1) is 0 Å². The van der Waals surface area contributed by atoms with Crippen molar-refractivity contribution >= 4 is 22.7 Å².